The number of carbonyl (C=O) groups excluding carboxylic acids is 1. The van der Waals surface area contributed by atoms with Crippen molar-refractivity contribution in [1.29, 1.82) is 0 Å². The third-order valence-corrected chi connectivity index (χ3v) is 8.05. The number of nitrogens with one attached hydrogen (secondary N) is 1. The fourth-order valence-corrected chi connectivity index (χ4v) is 6.26. The van der Waals surface area contributed by atoms with Crippen LogP contribution in [0.25, 0.3) is 0 Å². The molecule has 0 spiro atoms. The summed E-state index contributed by atoms with van der Waals surface area (Å²) in [5.74, 6) is 0.661. The first kappa shape index (κ1) is 18.8. The van der Waals surface area contributed by atoms with Gasteiger partial charge in [-0.1, -0.05) is 36.8 Å². The van der Waals surface area contributed by atoms with Crippen LogP contribution in [0.2, 0.25) is 0 Å². The second kappa shape index (κ2) is 6.94. The van der Waals surface area contributed by atoms with Gasteiger partial charge in [0.05, 0.1) is 5.41 Å². The van der Waals surface area contributed by atoms with Gasteiger partial charge in [0, 0.05) is 25.3 Å². The Kier molecular flexibility index (Phi) is 4.50. The summed E-state index contributed by atoms with van der Waals surface area (Å²) in [7, 11) is 1.85. The lowest BCUT2D eigenvalue weighted by atomic mass is 9.46. The number of anilines is 1. The summed E-state index contributed by atoms with van der Waals surface area (Å²) < 4.78 is 13.3. The number of carbonyl (C=O) groups is 1. The van der Waals surface area contributed by atoms with E-state index in [2.05, 4.69) is 35.6 Å². The van der Waals surface area contributed by atoms with Crippen molar-refractivity contribution in [3.05, 3.63) is 66.0 Å². The van der Waals surface area contributed by atoms with Crippen molar-refractivity contribution < 1.29 is 9.18 Å². The zero-order chi connectivity index (χ0) is 20.1. The van der Waals surface area contributed by atoms with E-state index in [0.29, 0.717) is 12.0 Å². The second-order valence-electron chi connectivity index (χ2n) is 9.40. The number of fused-ring (bicyclic) bond motifs is 1. The molecular weight excluding hydrogens is 363 g/mol. The maximum atomic E-state index is 13.6. The molecule has 0 aromatic heterocycles. The van der Waals surface area contributed by atoms with E-state index in [0.717, 1.165) is 37.9 Å². The monoisotopic (exact) mass is 392 g/mol. The molecule has 0 unspecified atom stereocenters. The largest absolute Gasteiger partial charge is 0.315 e. The lowest BCUT2D eigenvalue weighted by Gasteiger charge is -2.58. The van der Waals surface area contributed by atoms with Gasteiger partial charge >= 0.3 is 0 Å². The van der Waals surface area contributed by atoms with E-state index in [9.17, 15) is 9.18 Å². The maximum absolute atomic E-state index is 13.6. The average Bonchev–Trinajstić information content (AvgIpc) is 3.22. The molecule has 2 bridgehead atoms. The fourth-order valence-electron chi connectivity index (χ4n) is 6.26. The highest BCUT2D eigenvalue weighted by Crippen LogP contribution is 2.72. The van der Waals surface area contributed by atoms with E-state index in [1.165, 1.54) is 30.5 Å². The van der Waals surface area contributed by atoms with Crippen molar-refractivity contribution in [1.82, 2.24) is 5.32 Å². The number of halogens is 1. The van der Waals surface area contributed by atoms with Crippen molar-refractivity contribution in [2.45, 2.75) is 51.1 Å². The van der Waals surface area contributed by atoms with Crippen LogP contribution in [0.5, 0.6) is 0 Å². The van der Waals surface area contributed by atoms with Crippen molar-refractivity contribution >= 4 is 11.6 Å². The van der Waals surface area contributed by atoms with Gasteiger partial charge in [0.2, 0.25) is 5.91 Å². The highest BCUT2D eigenvalue weighted by Gasteiger charge is 2.69. The Labute approximate surface area is 172 Å². The molecule has 1 atom stereocenters. The van der Waals surface area contributed by atoms with E-state index >= 15 is 0 Å². The number of rotatable bonds is 6. The van der Waals surface area contributed by atoms with Crippen LogP contribution in [0.4, 0.5) is 10.1 Å². The molecular formula is C25H29FN2O. The van der Waals surface area contributed by atoms with Crippen LogP contribution in [-0.4, -0.2) is 19.0 Å². The van der Waals surface area contributed by atoms with E-state index in [4.69, 9.17) is 0 Å². The van der Waals surface area contributed by atoms with Gasteiger partial charge in [0.25, 0.3) is 0 Å². The van der Waals surface area contributed by atoms with E-state index in [1.807, 2.05) is 7.05 Å². The molecule has 3 nitrogen and oxygen atoms in total. The third kappa shape index (κ3) is 2.92. The Morgan fingerprint density at radius 2 is 1.76 bits per heavy atom. The minimum absolute atomic E-state index is 0.148. The predicted octanol–water partition coefficient (Wildman–Crippen LogP) is 4.92. The van der Waals surface area contributed by atoms with Crippen molar-refractivity contribution in [2.75, 3.05) is 11.9 Å². The summed E-state index contributed by atoms with van der Waals surface area (Å²) in [5.41, 5.74) is 2.02. The summed E-state index contributed by atoms with van der Waals surface area (Å²) in [6.45, 7) is 0.897. The summed E-state index contributed by atoms with van der Waals surface area (Å²) in [6, 6.07) is 17.3. The Hall–Kier alpha value is -2.20. The first-order valence-electron chi connectivity index (χ1n) is 10.8. The number of hydrogen-bond acceptors (Lipinski definition) is 2. The average molecular weight is 393 g/mol. The SMILES string of the molecule is CN(C(=O)C1(C23CC(C2)[C@H](NCc2ccccc2)C3)CCC1)c1ccc(F)cc1. The number of benzene rings is 2. The highest BCUT2D eigenvalue weighted by atomic mass is 19.1. The molecule has 4 fully saturated rings. The molecule has 0 radical (unpaired) electrons. The molecule has 4 aliphatic carbocycles. The summed E-state index contributed by atoms with van der Waals surface area (Å²) in [4.78, 5) is 15.4. The first-order valence-corrected chi connectivity index (χ1v) is 10.8. The Morgan fingerprint density at radius 1 is 1.07 bits per heavy atom. The molecule has 0 heterocycles. The minimum atomic E-state index is -0.267. The molecule has 29 heavy (non-hydrogen) atoms. The second-order valence-corrected chi connectivity index (χ2v) is 9.40. The van der Waals surface area contributed by atoms with Crippen LogP contribution < -0.4 is 10.2 Å². The summed E-state index contributed by atoms with van der Waals surface area (Å²) in [5, 5.41) is 3.77. The van der Waals surface area contributed by atoms with Gasteiger partial charge in [0.15, 0.2) is 0 Å². The third-order valence-electron chi connectivity index (χ3n) is 8.05. The first-order chi connectivity index (χ1) is 14.0. The highest BCUT2D eigenvalue weighted by molar-refractivity contribution is 5.98. The van der Waals surface area contributed by atoms with Gasteiger partial charge in [0.1, 0.15) is 5.82 Å². The van der Waals surface area contributed by atoms with Crippen molar-refractivity contribution in [3.63, 3.8) is 0 Å². The molecule has 0 saturated heterocycles. The van der Waals surface area contributed by atoms with Gasteiger partial charge in [-0.25, -0.2) is 4.39 Å². The molecule has 6 rings (SSSR count). The normalized spacial score (nSPS) is 29.0. The topological polar surface area (TPSA) is 32.3 Å². The molecule has 1 N–H and O–H groups in total. The maximum Gasteiger partial charge on any atom is 0.233 e. The molecule has 1 amide bonds. The number of hydrogen-bond donors (Lipinski definition) is 1. The Bertz CT molecular complexity index is 885. The number of amides is 1. The van der Waals surface area contributed by atoms with Gasteiger partial charge < -0.3 is 10.2 Å². The van der Waals surface area contributed by atoms with Crippen molar-refractivity contribution in [3.8, 4) is 0 Å². The molecule has 2 aromatic carbocycles. The van der Waals surface area contributed by atoms with Crippen LogP contribution in [0.1, 0.15) is 44.1 Å². The van der Waals surface area contributed by atoms with Crippen LogP contribution in [0.3, 0.4) is 0 Å². The van der Waals surface area contributed by atoms with E-state index in [-0.39, 0.29) is 22.6 Å². The molecule has 152 valence electrons. The fraction of sp³-hybridized carbons (Fsp3) is 0.480. The van der Waals surface area contributed by atoms with Crippen LogP contribution in [0.15, 0.2) is 54.6 Å². The smallest absolute Gasteiger partial charge is 0.233 e. The molecule has 4 saturated carbocycles. The van der Waals surface area contributed by atoms with Crippen molar-refractivity contribution in [2.24, 2.45) is 16.7 Å². The standard InChI is InChI=1S/C25H29FN2O/c1-28(21-10-8-20(26)9-11-21)23(29)25(12-5-13-25)24-14-19(15-24)22(16-24)27-17-18-6-3-2-4-7-18/h2-4,6-11,19,22,27H,5,12-17H2,1H3/t19?,22-,24?/m1/s1. The Balaban J connectivity index is 1.30. The summed E-state index contributed by atoms with van der Waals surface area (Å²) >= 11 is 0. The molecule has 0 aliphatic heterocycles. The van der Waals surface area contributed by atoms with Crippen LogP contribution in [-0.2, 0) is 11.3 Å². The zero-order valence-electron chi connectivity index (χ0n) is 17.0. The molecule has 4 heteroatoms. The van der Waals surface area contributed by atoms with Crippen LogP contribution in [0, 0.1) is 22.6 Å². The van der Waals surface area contributed by atoms with Gasteiger partial charge in [-0.05, 0) is 73.3 Å². The zero-order valence-corrected chi connectivity index (χ0v) is 17.0. The lowest BCUT2D eigenvalue weighted by Crippen LogP contribution is -2.58. The van der Waals surface area contributed by atoms with Gasteiger partial charge in [-0.2, -0.15) is 0 Å². The van der Waals surface area contributed by atoms with Crippen LogP contribution >= 0.6 is 0 Å². The number of nitrogens with zero attached hydrogens (tertiary/aromatic N) is 1. The van der Waals surface area contributed by atoms with Gasteiger partial charge in [-0.15, -0.1) is 0 Å². The van der Waals surface area contributed by atoms with E-state index in [1.54, 1.807) is 17.0 Å². The van der Waals surface area contributed by atoms with Gasteiger partial charge in [-0.3, -0.25) is 4.79 Å². The minimum Gasteiger partial charge on any atom is -0.315 e. The predicted molar refractivity (Wildman–Crippen MR) is 113 cm³/mol. The summed E-state index contributed by atoms with van der Waals surface area (Å²) in [6.07, 6.45) is 6.57. The Morgan fingerprint density at radius 3 is 2.38 bits per heavy atom. The molecule has 2 aromatic rings. The quantitative estimate of drug-likeness (QED) is 0.757. The lowest BCUT2D eigenvalue weighted by molar-refractivity contribution is -0.154. The van der Waals surface area contributed by atoms with E-state index < -0.39 is 0 Å². The molecule has 4 aliphatic rings.